The monoisotopic (exact) mass is 580 g/mol. The van der Waals surface area contributed by atoms with E-state index in [0.717, 1.165) is 31.2 Å². The number of likely N-dealkylation sites (tertiary alicyclic amines) is 1. The molecule has 4 aliphatic rings. The highest BCUT2D eigenvalue weighted by molar-refractivity contribution is 5.92. The van der Waals surface area contributed by atoms with Gasteiger partial charge in [0, 0.05) is 37.7 Å². The van der Waals surface area contributed by atoms with Crippen LogP contribution in [0.3, 0.4) is 0 Å². The molecule has 1 aliphatic carbocycles. The number of piperidine rings is 1. The summed E-state index contributed by atoms with van der Waals surface area (Å²) in [4.78, 5) is 44.7. The molecule has 42 heavy (non-hydrogen) atoms. The van der Waals surface area contributed by atoms with Crippen LogP contribution < -0.4 is 0 Å². The lowest BCUT2D eigenvalue weighted by atomic mass is 9.66. The van der Waals surface area contributed by atoms with E-state index in [1.54, 1.807) is 9.80 Å². The van der Waals surface area contributed by atoms with E-state index in [2.05, 4.69) is 6.08 Å². The number of amides is 2. The van der Waals surface area contributed by atoms with Crippen molar-refractivity contribution in [1.29, 1.82) is 0 Å². The molecule has 1 aromatic carbocycles. The zero-order valence-corrected chi connectivity index (χ0v) is 24.9. The molecule has 9 nitrogen and oxygen atoms in total. The van der Waals surface area contributed by atoms with Crippen molar-refractivity contribution in [2.75, 3.05) is 46.6 Å². The largest absolute Gasteiger partial charge is 0.468 e. The zero-order chi connectivity index (χ0) is 29.5. The molecule has 5 rings (SSSR count). The van der Waals surface area contributed by atoms with E-state index in [1.165, 1.54) is 19.1 Å². The summed E-state index contributed by atoms with van der Waals surface area (Å²) >= 11 is 0. The highest BCUT2D eigenvalue weighted by Gasteiger charge is 2.59. The first-order valence-electron chi connectivity index (χ1n) is 15.3. The number of hydrogen-bond acceptors (Lipinski definition) is 7. The number of benzene rings is 1. The molecular weight excluding hydrogens is 536 g/mol. The van der Waals surface area contributed by atoms with Gasteiger partial charge >= 0.3 is 5.97 Å². The number of ether oxygens (including phenoxy) is 4. The number of fused-ring (bicyclic) bond motifs is 1. The highest BCUT2D eigenvalue weighted by Crippen LogP contribution is 2.50. The van der Waals surface area contributed by atoms with E-state index in [1.807, 2.05) is 43.3 Å². The van der Waals surface area contributed by atoms with Crippen molar-refractivity contribution in [2.24, 2.45) is 11.3 Å². The SMILES string of the molecule is COC(=O)[C@]12C[C@H](CC(=O)N3CCOCC3)C(=O)N(CCC3=CCCCC3)C1=C[C@H](COCc1ccccc1)O[C@@H]2C. The Morgan fingerprint density at radius 3 is 2.62 bits per heavy atom. The van der Waals surface area contributed by atoms with Gasteiger partial charge in [0.15, 0.2) is 0 Å². The van der Waals surface area contributed by atoms with Crippen LogP contribution >= 0.6 is 0 Å². The first-order valence-corrected chi connectivity index (χ1v) is 15.3. The second-order valence-corrected chi connectivity index (χ2v) is 11.8. The minimum absolute atomic E-state index is 0.0421. The fraction of sp³-hybridized carbons (Fsp3) is 0.606. The molecule has 4 atom stereocenters. The number of rotatable bonds is 10. The Hall–Kier alpha value is -3.01. The molecule has 2 fully saturated rings. The van der Waals surface area contributed by atoms with Gasteiger partial charge in [0.1, 0.15) is 11.5 Å². The van der Waals surface area contributed by atoms with Gasteiger partial charge in [-0.2, -0.15) is 0 Å². The van der Waals surface area contributed by atoms with E-state index in [0.29, 0.717) is 45.2 Å². The molecule has 0 bridgehead atoms. The standard InChI is InChI=1S/C33H44N2O7/c1-24-33(32(38)39-2)21-27(19-30(36)34-15-17-40-18-16-34)31(37)35(14-13-25-9-5-3-6-10-25)29(33)20-28(42-24)23-41-22-26-11-7-4-8-12-26/h4,7-9,11-12,20,24,27-28H,3,5-6,10,13-19,21-23H2,1-2H3/t24-,27+,28-,33+/m1/s1. The Morgan fingerprint density at radius 2 is 1.90 bits per heavy atom. The summed E-state index contributed by atoms with van der Waals surface area (Å²) in [7, 11) is 1.37. The van der Waals surface area contributed by atoms with Crippen molar-refractivity contribution < 1.29 is 33.3 Å². The van der Waals surface area contributed by atoms with Crippen LogP contribution in [0.4, 0.5) is 0 Å². The summed E-state index contributed by atoms with van der Waals surface area (Å²) < 4.78 is 23.2. The normalized spacial score (nSPS) is 28.0. The van der Waals surface area contributed by atoms with Crippen molar-refractivity contribution >= 4 is 17.8 Å². The summed E-state index contributed by atoms with van der Waals surface area (Å²) in [6, 6.07) is 9.91. The molecule has 2 amide bonds. The summed E-state index contributed by atoms with van der Waals surface area (Å²) in [5, 5.41) is 0. The Morgan fingerprint density at radius 1 is 1.12 bits per heavy atom. The van der Waals surface area contributed by atoms with Crippen LogP contribution in [0.25, 0.3) is 0 Å². The quantitative estimate of drug-likeness (QED) is 0.305. The fourth-order valence-corrected chi connectivity index (χ4v) is 6.79. The van der Waals surface area contributed by atoms with Gasteiger partial charge in [-0.1, -0.05) is 42.0 Å². The van der Waals surface area contributed by atoms with Gasteiger partial charge in [-0.25, -0.2) is 0 Å². The van der Waals surface area contributed by atoms with Crippen LogP contribution in [0.5, 0.6) is 0 Å². The second-order valence-electron chi connectivity index (χ2n) is 11.8. The minimum atomic E-state index is -1.20. The maximum atomic E-state index is 14.2. The highest BCUT2D eigenvalue weighted by atomic mass is 16.6. The average Bonchev–Trinajstić information content (AvgIpc) is 3.02. The van der Waals surface area contributed by atoms with E-state index in [4.69, 9.17) is 18.9 Å². The van der Waals surface area contributed by atoms with Crippen LogP contribution in [0, 0.1) is 11.3 Å². The average molecular weight is 581 g/mol. The van der Waals surface area contributed by atoms with Crippen molar-refractivity contribution in [1.82, 2.24) is 9.80 Å². The van der Waals surface area contributed by atoms with Gasteiger partial charge < -0.3 is 28.7 Å². The van der Waals surface area contributed by atoms with Crippen molar-refractivity contribution in [3.05, 3.63) is 59.3 Å². The molecule has 3 heterocycles. The molecule has 0 N–H and O–H groups in total. The number of carbonyl (C=O) groups is 3. The number of carbonyl (C=O) groups excluding carboxylic acids is 3. The number of esters is 1. The Labute approximate surface area is 248 Å². The molecule has 0 aromatic heterocycles. The van der Waals surface area contributed by atoms with E-state index in [9.17, 15) is 14.4 Å². The van der Waals surface area contributed by atoms with Crippen LogP contribution in [-0.2, 0) is 39.9 Å². The first-order chi connectivity index (χ1) is 20.4. The molecule has 0 spiro atoms. The molecule has 228 valence electrons. The second kappa shape index (κ2) is 14.0. The number of morpholine rings is 1. The summed E-state index contributed by atoms with van der Waals surface area (Å²) in [5.74, 6) is -1.30. The van der Waals surface area contributed by atoms with Crippen molar-refractivity contribution in [3.8, 4) is 0 Å². The van der Waals surface area contributed by atoms with Gasteiger partial charge in [-0.3, -0.25) is 14.4 Å². The van der Waals surface area contributed by atoms with Gasteiger partial charge in [0.05, 0.1) is 39.6 Å². The third kappa shape index (κ3) is 6.63. The summed E-state index contributed by atoms with van der Waals surface area (Å²) in [6.45, 7) is 5.03. The number of methoxy groups -OCH3 is 1. The smallest absolute Gasteiger partial charge is 0.320 e. The van der Waals surface area contributed by atoms with E-state index >= 15 is 0 Å². The lowest BCUT2D eigenvalue weighted by Gasteiger charge is -2.51. The first kappa shape index (κ1) is 30.4. The third-order valence-electron chi connectivity index (χ3n) is 9.12. The Bertz CT molecular complexity index is 1180. The molecule has 9 heteroatoms. The van der Waals surface area contributed by atoms with Gasteiger partial charge in [0.25, 0.3) is 0 Å². The lowest BCUT2D eigenvalue weighted by molar-refractivity contribution is -0.178. The predicted molar refractivity (Wildman–Crippen MR) is 156 cm³/mol. The maximum Gasteiger partial charge on any atom is 0.320 e. The zero-order valence-electron chi connectivity index (χ0n) is 24.9. The Balaban J connectivity index is 1.42. The molecule has 0 unspecified atom stereocenters. The fourth-order valence-electron chi connectivity index (χ4n) is 6.79. The Kier molecular flexibility index (Phi) is 10.1. The minimum Gasteiger partial charge on any atom is -0.468 e. The molecule has 2 saturated heterocycles. The van der Waals surface area contributed by atoms with Crippen molar-refractivity contribution in [3.63, 3.8) is 0 Å². The van der Waals surface area contributed by atoms with Gasteiger partial charge in [0.2, 0.25) is 11.8 Å². The van der Waals surface area contributed by atoms with Gasteiger partial charge in [-0.05, 0) is 57.1 Å². The van der Waals surface area contributed by atoms with Crippen LogP contribution in [0.15, 0.2) is 53.8 Å². The number of nitrogens with zero attached hydrogens (tertiary/aromatic N) is 2. The molecule has 0 radical (unpaired) electrons. The van der Waals surface area contributed by atoms with Gasteiger partial charge in [-0.15, -0.1) is 0 Å². The molecule has 3 aliphatic heterocycles. The third-order valence-corrected chi connectivity index (χ3v) is 9.12. The molecule has 0 saturated carbocycles. The predicted octanol–water partition coefficient (Wildman–Crippen LogP) is 4.02. The topological polar surface area (TPSA) is 94.6 Å². The maximum absolute atomic E-state index is 14.2. The van der Waals surface area contributed by atoms with Crippen LogP contribution in [0.2, 0.25) is 0 Å². The van der Waals surface area contributed by atoms with Crippen molar-refractivity contribution in [2.45, 2.75) is 70.7 Å². The van der Waals surface area contributed by atoms with Crippen LogP contribution in [-0.4, -0.2) is 86.4 Å². The lowest BCUT2D eigenvalue weighted by Crippen LogP contribution is -2.60. The summed E-state index contributed by atoms with van der Waals surface area (Å²) in [5.41, 5.74) is 1.82. The van der Waals surface area contributed by atoms with E-state index < -0.39 is 29.5 Å². The van der Waals surface area contributed by atoms with E-state index in [-0.39, 0.29) is 31.3 Å². The van der Waals surface area contributed by atoms with Crippen LogP contribution in [0.1, 0.15) is 57.4 Å². The number of hydrogen-bond donors (Lipinski definition) is 0. The molecule has 1 aromatic rings. The number of allylic oxidation sites excluding steroid dienone is 1. The molecular formula is C33H44N2O7. The summed E-state index contributed by atoms with van der Waals surface area (Å²) in [6.07, 6.45) is 8.51.